The van der Waals surface area contributed by atoms with E-state index in [2.05, 4.69) is 0 Å². The molecule has 24 heavy (non-hydrogen) atoms. The number of hydrogen-bond donors (Lipinski definition) is 0. The summed E-state index contributed by atoms with van der Waals surface area (Å²) in [4.78, 5) is 24.3. The van der Waals surface area contributed by atoms with E-state index in [-0.39, 0.29) is 6.54 Å². The van der Waals surface area contributed by atoms with Gasteiger partial charge in [0.05, 0.1) is 6.54 Å². The Kier molecular flexibility index (Phi) is 8.33. The molecule has 138 valence electrons. The lowest BCUT2D eigenvalue weighted by Gasteiger charge is -2.38. The third kappa shape index (κ3) is 7.47. The highest BCUT2D eigenvalue weighted by Crippen LogP contribution is 2.28. The molecule has 0 fully saturated rings. The van der Waals surface area contributed by atoms with Crippen molar-refractivity contribution in [3.63, 3.8) is 0 Å². The number of rotatable bonds is 3. The summed E-state index contributed by atoms with van der Waals surface area (Å²) in [6.45, 7) is -1.07. The van der Waals surface area contributed by atoms with Crippen molar-refractivity contribution < 1.29 is 23.8 Å². The molecule has 0 bridgehead atoms. The van der Waals surface area contributed by atoms with Crippen LogP contribution in [0, 0.1) is 0 Å². The van der Waals surface area contributed by atoms with Crippen molar-refractivity contribution in [1.82, 2.24) is 10.0 Å². The van der Waals surface area contributed by atoms with Gasteiger partial charge in [-0.3, -0.25) is 0 Å². The van der Waals surface area contributed by atoms with Gasteiger partial charge in [0.2, 0.25) is 7.59 Å². The summed E-state index contributed by atoms with van der Waals surface area (Å²) in [5, 5.41) is 1.74. The molecule has 0 saturated heterocycles. The van der Waals surface area contributed by atoms with E-state index in [0.717, 1.165) is 10.0 Å². The molecule has 0 N–H and O–H groups in total. The molecule has 1 aliphatic rings. The van der Waals surface area contributed by atoms with E-state index in [1.807, 2.05) is 0 Å². The topological polar surface area (TPSA) is 68.3 Å². The van der Waals surface area contributed by atoms with Crippen LogP contribution in [-0.4, -0.2) is 62.9 Å². The number of carbonyl (C=O) groups excluding carboxylic acids is 2. The predicted molar refractivity (Wildman–Crippen MR) is 91.8 cm³/mol. The zero-order chi connectivity index (χ0) is 18.5. The van der Waals surface area contributed by atoms with E-state index in [1.54, 1.807) is 6.08 Å². The lowest BCUT2D eigenvalue weighted by molar-refractivity contribution is -0.106. The number of amides is 2. The first kappa shape index (κ1) is 22.0. The Morgan fingerprint density at radius 2 is 1.54 bits per heavy atom. The molecule has 0 aliphatic carbocycles. The van der Waals surface area contributed by atoms with Crippen LogP contribution in [0.15, 0.2) is 12.2 Å². The van der Waals surface area contributed by atoms with Crippen molar-refractivity contribution >= 4 is 81.8 Å². The van der Waals surface area contributed by atoms with Gasteiger partial charge in [0.25, 0.3) is 0 Å². The number of ether oxygens (including phenoxy) is 3. The van der Waals surface area contributed by atoms with Crippen LogP contribution in [0.1, 0.15) is 0 Å². The van der Waals surface area contributed by atoms with Crippen molar-refractivity contribution in [2.45, 2.75) is 13.8 Å². The molecule has 1 atom stereocenters. The first-order valence-corrected chi connectivity index (χ1v) is 8.44. The van der Waals surface area contributed by atoms with Crippen LogP contribution in [0.25, 0.3) is 0 Å². The van der Waals surface area contributed by atoms with Gasteiger partial charge in [0.15, 0.2) is 6.23 Å². The van der Waals surface area contributed by atoms with E-state index in [4.69, 9.17) is 83.8 Å². The summed E-state index contributed by atoms with van der Waals surface area (Å²) < 4.78 is 11.2. The van der Waals surface area contributed by atoms with Gasteiger partial charge in [-0.2, -0.15) is 5.01 Å². The van der Waals surface area contributed by atoms with E-state index >= 15 is 0 Å². The highest BCUT2D eigenvalue weighted by atomic mass is 35.6. The fraction of sp³-hybridized carbons (Fsp3) is 0.636. The monoisotopic (exact) mass is 462 g/mol. The van der Waals surface area contributed by atoms with Gasteiger partial charge in [0.1, 0.15) is 13.2 Å². The smallest absolute Gasteiger partial charge is 0.431 e. The lowest BCUT2D eigenvalue weighted by atomic mass is 10.3. The van der Waals surface area contributed by atoms with Crippen LogP contribution < -0.4 is 0 Å². The Bertz CT molecular complexity index is 492. The van der Waals surface area contributed by atoms with Crippen molar-refractivity contribution in [2.75, 3.05) is 26.9 Å². The third-order valence-corrected chi connectivity index (χ3v) is 3.09. The van der Waals surface area contributed by atoms with Gasteiger partial charge in [-0.25, -0.2) is 14.6 Å². The minimum Gasteiger partial charge on any atom is -0.444 e. The maximum absolute atomic E-state index is 12.2. The summed E-state index contributed by atoms with van der Waals surface area (Å²) >= 11 is 33.1. The Morgan fingerprint density at radius 3 is 2.00 bits per heavy atom. The van der Waals surface area contributed by atoms with Crippen molar-refractivity contribution in [3.05, 3.63) is 12.2 Å². The molecule has 1 rings (SSSR count). The maximum Gasteiger partial charge on any atom is 0.431 e. The Labute approximate surface area is 168 Å². The highest BCUT2D eigenvalue weighted by molar-refractivity contribution is 6.68. The molecular formula is C11H12Cl6N2O5. The average molecular weight is 465 g/mol. The van der Waals surface area contributed by atoms with Crippen LogP contribution in [0.5, 0.6) is 0 Å². The second kappa shape index (κ2) is 9.07. The minimum atomic E-state index is -1.81. The van der Waals surface area contributed by atoms with E-state index in [0.29, 0.717) is 0 Å². The Hall–Kier alpha value is -0.0200. The average Bonchev–Trinajstić information content (AvgIpc) is 2.47. The van der Waals surface area contributed by atoms with E-state index in [1.165, 1.54) is 13.2 Å². The molecule has 1 unspecified atom stereocenters. The van der Waals surface area contributed by atoms with Crippen molar-refractivity contribution in [3.8, 4) is 0 Å². The number of carbonyl (C=O) groups is 2. The van der Waals surface area contributed by atoms with Crippen LogP contribution in [0.3, 0.4) is 0 Å². The fourth-order valence-corrected chi connectivity index (χ4v) is 1.88. The van der Waals surface area contributed by atoms with E-state index in [9.17, 15) is 9.59 Å². The summed E-state index contributed by atoms with van der Waals surface area (Å²) in [5.74, 6) is 0. The number of alkyl halides is 6. The van der Waals surface area contributed by atoms with Crippen LogP contribution >= 0.6 is 69.6 Å². The lowest BCUT2D eigenvalue weighted by Crippen LogP contribution is -2.57. The zero-order valence-corrected chi connectivity index (χ0v) is 16.6. The molecule has 1 aliphatic heterocycles. The van der Waals surface area contributed by atoms with Crippen molar-refractivity contribution in [2.24, 2.45) is 0 Å². The molecule has 2 amide bonds. The molecule has 1 heterocycles. The summed E-state index contributed by atoms with van der Waals surface area (Å²) in [7, 11) is 1.32. The first-order valence-electron chi connectivity index (χ1n) is 6.18. The first-order chi connectivity index (χ1) is 10.9. The molecule has 0 radical (unpaired) electrons. The van der Waals surface area contributed by atoms with E-state index < -0.39 is 39.2 Å². The van der Waals surface area contributed by atoms with Gasteiger partial charge in [-0.15, -0.1) is 0 Å². The van der Waals surface area contributed by atoms with Crippen molar-refractivity contribution in [1.29, 1.82) is 0 Å². The minimum absolute atomic E-state index is 0.0125. The number of hydrogen-bond acceptors (Lipinski definition) is 5. The van der Waals surface area contributed by atoms with Crippen LogP contribution in [0.4, 0.5) is 9.59 Å². The van der Waals surface area contributed by atoms with Crippen LogP contribution in [-0.2, 0) is 14.2 Å². The Morgan fingerprint density at radius 1 is 1.04 bits per heavy atom. The van der Waals surface area contributed by atoms with Gasteiger partial charge in [-0.1, -0.05) is 75.7 Å². The second-order valence-corrected chi connectivity index (χ2v) is 9.35. The van der Waals surface area contributed by atoms with Gasteiger partial charge < -0.3 is 14.2 Å². The van der Waals surface area contributed by atoms with Gasteiger partial charge in [-0.05, 0) is 6.08 Å². The summed E-state index contributed by atoms with van der Waals surface area (Å²) in [5.41, 5.74) is 0. The number of hydrazine groups is 1. The Balaban J connectivity index is 2.85. The number of halogens is 6. The predicted octanol–water partition coefficient (Wildman–Crippen LogP) is 4.06. The maximum atomic E-state index is 12.2. The molecular weight excluding hydrogens is 453 g/mol. The number of methoxy groups -OCH3 is 1. The van der Waals surface area contributed by atoms with Crippen LogP contribution in [0.2, 0.25) is 0 Å². The standard InChI is InChI=1S/C11H12Cl6N2O5/c1-22-7-3-2-4-18(8(20)23-5-10(12,13)14)19(7)9(21)24-6-11(15,16)17/h2-3,7H,4-6H2,1H3. The summed E-state index contributed by atoms with van der Waals surface area (Å²) in [6, 6.07) is 0. The fourth-order valence-electron chi connectivity index (χ4n) is 1.56. The molecule has 7 nitrogen and oxygen atoms in total. The molecule has 13 heteroatoms. The zero-order valence-electron chi connectivity index (χ0n) is 12.1. The quantitative estimate of drug-likeness (QED) is 0.465. The number of nitrogens with zero attached hydrogens (tertiary/aromatic N) is 2. The second-order valence-electron chi connectivity index (χ2n) is 4.32. The highest BCUT2D eigenvalue weighted by Gasteiger charge is 2.37. The molecule has 0 aromatic rings. The molecule has 0 aromatic carbocycles. The third-order valence-electron chi connectivity index (χ3n) is 2.44. The molecule has 0 aromatic heterocycles. The van der Waals surface area contributed by atoms with Gasteiger partial charge in [0, 0.05) is 7.11 Å². The summed E-state index contributed by atoms with van der Waals surface area (Å²) in [6.07, 6.45) is 0.197. The largest absolute Gasteiger partial charge is 0.444 e. The molecule has 0 saturated carbocycles. The molecule has 0 spiro atoms. The van der Waals surface area contributed by atoms with Gasteiger partial charge >= 0.3 is 12.2 Å². The SMILES string of the molecule is COC1C=CCN(C(=O)OCC(Cl)(Cl)Cl)N1C(=O)OCC(Cl)(Cl)Cl. The normalized spacial score (nSPS) is 18.5.